The summed E-state index contributed by atoms with van der Waals surface area (Å²) in [5.74, 6) is 1.57. The van der Waals surface area contributed by atoms with Gasteiger partial charge in [0.05, 0.1) is 6.61 Å². The van der Waals surface area contributed by atoms with E-state index in [1.54, 1.807) is 0 Å². The predicted octanol–water partition coefficient (Wildman–Crippen LogP) is 2.52. The molecule has 0 spiro atoms. The second-order valence-electron chi connectivity index (χ2n) is 5.73. The van der Waals surface area contributed by atoms with Gasteiger partial charge in [0, 0.05) is 19.6 Å². The maximum absolute atomic E-state index is 5.79. The first kappa shape index (κ1) is 14.4. The van der Waals surface area contributed by atoms with Gasteiger partial charge in [-0.3, -0.25) is 4.90 Å². The van der Waals surface area contributed by atoms with Gasteiger partial charge in [0.15, 0.2) is 0 Å². The molecule has 0 atom stereocenters. The topological polar surface area (TPSA) is 24.5 Å². The molecule has 1 aromatic carbocycles. The molecular formula is C16H26N2O. The minimum Gasteiger partial charge on any atom is -0.493 e. The number of rotatable bonds is 5. The van der Waals surface area contributed by atoms with E-state index in [1.807, 2.05) is 0 Å². The van der Waals surface area contributed by atoms with Crippen LogP contribution in [0.15, 0.2) is 24.3 Å². The zero-order valence-electron chi connectivity index (χ0n) is 12.2. The van der Waals surface area contributed by atoms with Crippen LogP contribution in [0, 0.1) is 5.92 Å². The highest BCUT2D eigenvalue weighted by Gasteiger charge is 2.09. The highest BCUT2D eigenvalue weighted by atomic mass is 16.5. The van der Waals surface area contributed by atoms with Crippen LogP contribution in [0.4, 0.5) is 0 Å². The highest BCUT2D eigenvalue weighted by Crippen LogP contribution is 2.16. The quantitative estimate of drug-likeness (QED) is 0.882. The van der Waals surface area contributed by atoms with E-state index >= 15 is 0 Å². The molecule has 3 heteroatoms. The van der Waals surface area contributed by atoms with Crippen molar-refractivity contribution in [3.8, 4) is 5.75 Å². The Balaban J connectivity index is 1.90. The summed E-state index contributed by atoms with van der Waals surface area (Å²) < 4.78 is 5.79. The summed E-state index contributed by atoms with van der Waals surface area (Å²) >= 11 is 0. The molecule has 1 saturated heterocycles. The van der Waals surface area contributed by atoms with E-state index in [2.05, 4.69) is 48.3 Å². The lowest BCUT2D eigenvalue weighted by atomic mass is 10.2. The van der Waals surface area contributed by atoms with E-state index < -0.39 is 0 Å². The minimum atomic E-state index is 0.570. The molecule has 1 N–H and O–H groups in total. The Morgan fingerprint density at radius 3 is 3.00 bits per heavy atom. The summed E-state index contributed by atoms with van der Waals surface area (Å²) in [5, 5.41) is 3.44. The molecule has 1 aliphatic rings. The van der Waals surface area contributed by atoms with E-state index in [-0.39, 0.29) is 0 Å². The second kappa shape index (κ2) is 7.51. The average molecular weight is 262 g/mol. The first-order valence-corrected chi connectivity index (χ1v) is 7.39. The van der Waals surface area contributed by atoms with E-state index in [9.17, 15) is 0 Å². The molecular weight excluding hydrogens is 236 g/mol. The van der Waals surface area contributed by atoms with Gasteiger partial charge in [-0.1, -0.05) is 26.0 Å². The van der Waals surface area contributed by atoms with Crippen LogP contribution in [-0.4, -0.2) is 37.7 Å². The Morgan fingerprint density at radius 1 is 1.26 bits per heavy atom. The average Bonchev–Trinajstić information content (AvgIpc) is 2.65. The predicted molar refractivity (Wildman–Crippen MR) is 79.5 cm³/mol. The zero-order valence-corrected chi connectivity index (χ0v) is 12.2. The molecule has 0 amide bonds. The Kier molecular flexibility index (Phi) is 5.67. The summed E-state index contributed by atoms with van der Waals surface area (Å²) in [7, 11) is 0. The monoisotopic (exact) mass is 262 g/mol. The van der Waals surface area contributed by atoms with Crippen LogP contribution in [0.25, 0.3) is 0 Å². The van der Waals surface area contributed by atoms with Gasteiger partial charge in [0.25, 0.3) is 0 Å². The fourth-order valence-corrected chi connectivity index (χ4v) is 2.31. The summed E-state index contributed by atoms with van der Waals surface area (Å²) in [5.41, 5.74) is 1.35. The van der Waals surface area contributed by atoms with Gasteiger partial charge in [-0.05, 0) is 43.1 Å². The van der Waals surface area contributed by atoms with Crippen LogP contribution >= 0.6 is 0 Å². The van der Waals surface area contributed by atoms with Gasteiger partial charge in [-0.2, -0.15) is 0 Å². The van der Waals surface area contributed by atoms with Crippen molar-refractivity contribution in [3.05, 3.63) is 29.8 Å². The van der Waals surface area contributed by atoms with Crippen LogP contribution in [0.3, 0.4) is 0 Å². The molecule has 0 aromatic heterocycles. The lowest BCUT2D eigenvalue weighted by Crippen LogP contribution is -2.27. The van der Waals surface area contributed by atoms with E-state index in [0.717, 1.165) is 38.5 Å². The molecule has 0 bridgehead atoms. The summed E-state index contributed by atoms with van der Waals surface area (Å²) in [6.45, 7) is 10.7. The van der Waals surface area contributed by atoms with Gasteiger partial charge < -0.3 is 10.1 Å². The highest BCUT2D eigenvalue weighted by molar-refractivity contribution is 5.28. The van der Waals surface area contributed by atoms with Gasteiger partial charge in [0.1, 0.15) is 5.75 Å². The van der Waals surface area contributed by atoms with Crippen LogP contribution in [0.1, 0.15) is 25.8 Å². The lowest BCUT2D eigenvalue weighted by molar-refractivity contribution is 0.267. The van der Waals surface area contributed by atoms with Gasteiger partial charge in [-0.25, -0.2) is 0 Å². The Morgan fingerprint density at radius 2 is 2.16 bits per heavy atom. The second-order valence-corrected chi connectivity index (χ2v) is 5.73. The van der Waals surface area contributed by atoms with Crippen LogP contribution < -0.4 is 10.1 Å². The number of hydrogen-bond acceptors (Lipinski definition) is 3. The molecule has 2 rings (SSSR count). The number of hydrogen-bond donors (Lipinski definition) is 1. The molecule has 19 heavy (non-hydrogen) atoms. The van der Waals surface area contributed by atoms with Crippen LogP contribution in [0.5, 0.6) is 5.75 Å². The Labute approximate surface area is 116 Å². The third kappa shape index (κ3) is 5.21. The third-order valence-electron chi connectivity index (χ3n) is 3.32. The fraction of sp³-hybridized carbons (Fsp3) is 0.625. The lowest BCUT2D eigenvalue weighted by Gasteiger charge is -2.19. The maximum Gasteiger partial charge on any atom is 0.119 e. The SMILES string of the molecule is CC(C)COc1cccc(CN2CCCNCC2)c1. The van der Waals surface area contributed by atoms with Crippen LogP contribution in [-0.2, 0) is 6.54 Å². The van der Waals surface area contributed by atoms with Gasteiger partial charge >= 0.3 is 0 Å². The third-order valence-corrected chi connectivity index (χ3v) is 3.32. The maximum atomic E-state index is 5.79. The number of nitrogens with zero attached hydrogens (tertiary/aromatic N) is 1. The molecule has 1 heterocycles. The molecule has 0 aliphatic carbocycles. The van der Waals surface area contributed by atoms with Crippen molar-refractivity contribution in [2.45, 2.75) is 26.8 Å². The molecule has 1 aromatic rings. The van der Waals surface area contributed by atoms with Gasteiger partial charge in [-0.15, -0.1) is 0 Å². The molecule has 0 unspecified atom stereocenters. The molecule has 1 aliphatic heterocycles. The molecule has 0 saturated carbocycles. The number of nitrogens with one attached hydrogen (secondary N) is 1. The van der Waals surface area contributed by atoms with Crippen molar-refractivity contribution in [2.75, 3.05) is 32.8 Å². The van der Waals surface area contributed by atoms with Crippen molar-refractivity contribution >= 4 is 0 Å². The standard InChI is InChI=1S/C16H26N2O/c1-14(2)13-19-16-6-3-5-15(11-16)12-18-9-4-7-17-8-10-18/h3,5-6,11,14,17H,4,7-10,12-13H2,1-2H3. The van der Waals surface area contributed by atoms with Crippen molar-refractivity contribution < 1.29 is 4.74 Å². The first-order valence-electron chi connectivity index (χ1n) is 7.39. The normalized spacial score (nSPS) is 17.4. The van der Waals surface area contributed by atoms with Gasteiger partial charge in [0.2, 0.25) is 0 Å². The summed E-state index contributed by atoms with van der Waals surface area (Å²) in [4.78, 5) is 2.52. The molecule has 106 valence electrons. The molecule has 1 fully saturated rings. The zero-order chi connectivity index (χ0) is 13.5. The van der Waals surface area contributed by atoms with Crippen molar-refractivity contribution in [2.24, 2.45) is 5.92 Å². The van der Waals surface area contributed by atoms with Crippen molar-refractivity contribution in [1.29, 1.82) is 0 Å². The molecule has 3 nitrogen and oxygen atoms in total. The Bertz CT molecular complexity index is 371. The smallest absolute Gasteiger partial charge is 0.119 e. The number of benzene rings is 1. The van der Waals surface area contributed by atoms with E-state index in [4.69, 9.17) is 4.74 Å². The Hall–Kier alpha value is -1.06. The fourth-order valence-electron chi connectivity index (χ4n) is 2.31. The number of ether oxygens (including phenoxy) is 1. The largest absolute Gasteiger partial charge is 0.493 e. The summed E-state index contributed by atoms with van der Waals surface area (Å²) in [6, 6.07) is 8.53. The minimum absolute atomic E-state index is 0.570. The summed E-state index contributed by atoms with van der Waals surface area (Å²) in [6.07, 6.45) is 1.24. The first-order chi connectivity index (χ1) is 9.24. The van der Waals surface area contributed by atoms with Crippen LogP contribution in [0.2, 0.25) is 0 Å². The van der Waals surface area contributed by atoms with Crippen molar-refractivity contribution in [3.63, 3.8) is 0 Å². The molecule has 0 radical (unpaired) electrons. The van der Waals surface area contributed by atoms with E-state index in [0.29, 0.717) is 5.92 Å². The van der Waals surface area contributed by atoms with Crippen molar-refractivity contribution in [1.82, 2.24) is 10.2 Å². The van der Waals surface area contributed by atoms with E-state index in [1.165, 1.54) is 18.5 Å².